The second kappa shape index (κ2) is 6.63. The Labute approximate surface area is 119 Å². The molecule has 0 fully saturated rings. The fourth-order valence-electron chi connectivity index (χ4n) is 1.64. The van der Waals surface area contributed by atoms with Gasteiger partial charge >= 0.3 is 0 Å². The van der Waals surface area contributed by atoms with Crippen molar-refractivity contribution in [3.05, 3.63) is 57.9 Å². The number of pyridine rings is 1. The van der Waals surface area contributed by atoms with Gasteiger partial charge in [0, 0.05) is 29.8 Å². The summed E-state index contributed by atoms with van der Waals surface area (Å²) >= 11 is 3.34. The van der Waals surface area contributed by atoms with Gasteiger partial charge in [0.15, 0.2) is 0 Å². The number of nitrogens with one attached hydrogen (secondary N) is 1. The Morgan fingerprint density at radius 2 is 2.11 bits per heavy atom. The predicted molar refractivity (Wildman–Crippen MR) is 75.4 cm³/mol. The number of aromatic nitrogens is 1. The van der Waals surface area contributed by atoms with Gasteiger partial charge in [0.25, 0.3) is 0 Å². The molecule has 1 heterocycles. The van der Waals surface area contributed by atoms with E-state index in [9.17, 15) is 4.39 Å². The lowest BCUT2D eigenvalue weighted by Gasteiger charge is -2.07. The molecule has 0 amide bonds. The summed E-state index contributed by atoms with van der Waals surface area (Å²) in [7, 11) is 1.59. The van der Waals surface area contributed by atoms with Crippen molar-refractivity contribution in [1.82, 2.24) is 10.3 Å². The van der Waals surface area contributed by atoms with Crippen molar-refractivity contribution in [1.29, 1.82) is 0 Å². The number of nitrogens with zero attached hydrogens (tertiary/aromatic N) is 1. The third kappa shape index (κ3) is 4.01. The summed E-state index contributed by atoms with van der Waals surface area (Å²) in [6.45, 7) is 1.35. The van der Waals surface area contributed by atoms with E-state index in [0.717, 1.165) is 15.6 Å². The molecule has 0 aliphatic carbocycles. The maximum absolute atomic E-state index is 12.9. The molecule has 0 spiro atoms. The Balaban J connectivity index is 1.88. The van der Waals surface area contributed by atoms with Crippen molar-refractivity contribution in [3.63, 3.8) is 0 Å². The number of halogens is 2. The number of benzene rings is 1. The van der Waals surface area contributed by atoms with Crippen LogP contribution in [0.2, 0.25) is 0 Å². The van der Waals surface area contributed by atoms with Crippen molar-refractivity contribution < 1.29 is 9.13 Å². The molecule has 0 atom stereocenters. The summed E-state index contributed by atoms with van der Waals surface area (Å²) in [5, 5.41) is 3.28. The van der Waals surface area contributed by atoms with Crippen molar-refractivity contribution >= 4 is 15.9 Å². The van der Waals surface area contributed by atoms with Gasteiger partial charge in [-0.15, -0.1) is 0 Å². The molecule has 1 aromatic carbocycles. The van der Waals surface area contributed by atoms with Crippen LogP contribution in [0.4, 0.5) is 4.39 Å². The van der Waals surface area contributed by atoms with E-state index in [2.05, 4.69) is 26.2 Å². The van der Waals surface area contributed by atoms with Gasteiger partial charge in [-0.05, 0) is 23.3 Å². The number of hydrogen-bond donors (Lipinski definition) is 1. The van der Waals surface area contributed by atoms with Crippen molar-refractivity contribution in [3.8, 4) is 5.88 Å². The van der Waals surface area contributed by atoms with Gasteiger partial charge in [0.05, 0.1) is 7.11 Å². The zero-order valence-electron chi connectivity index (χ0n) is 10.5. The Morgan fingerprint density at radius 3 is 2.74 bits per heavy atom. The second-order valence-electron chi connectivity index (χ2n) is 4.05. The maximum Gasteiger partial charge on any atom is 0.212 e. The zero-order valence-corrected chi connectivity index (χ0v) is 12.1. The van der Waals surface area contributed by atoms with Gasteiger partial charge in [0.1, 0.15) is 5.82 Å². The third-order valence-corrected chi connectivity index (χ3v) is 3.40. The van der Waals surface area contributed by atoms with Crippen molar-refractivity contribution in [2.24, 2.45) is 0 Å². The van der Waals surface area contributed by atoms with Gasteiger partial charge in [-0.3, -0.25) is 0 Å². The van der Waals surface area contributed by atoms with E-state index in [-0.39, 0.29) is 5.82 Å². The summed E-state index contributed by atoms with van der Waals surface area (Å²) in [5.41, 5.74) is 2.09. The van der Waals surface area contributed by atoms with Gasteiger partial charge in [-0.1, -0.05) is 28.1 Å². The third-order valence-electron chi connectivity index (χ3n) is 2.67. The smallest absolute Gasteiger partial charge is 0.212 e. The normalized spacial score (nSPS) is 10.5. The standard InChI is InChI=1S/C14H14BrFN2O/c1-19-14-5-2-10(8-18-14)7-17-9-11-3-4-12(16)6-13(11)15/h2-6,8,17H,7,9H2,1H3. The van der Waals surface area contributed by atoms with E-state index in [0.29, 0.717) is 19.0 Å². The highest BCUT2D eigenvalue weighted by atomic mass is 79.9. The first kappa shape index (κ1) is 14.0. The summed E-state index contributed by atoms with van der Waals surface area (Å²) < 4.78 is 18.7. The summed E-state index contributed by atoms with van der Waals surface area (Å²) in [6, 6.07) is 8.46. The molecule has 19 heavy (non-hydrogen) atoms. The molecule has 0 bridgehead atoms. The summed E-state index contributed by atoms with van der Waals surface area (Å²) in [4.78, 5) is 4.13. The van der Waals surface area contributed by atoms with Crippen LogP contribution in [-0.2, 0) is 13.1 Å². The molecule has 0 aliphatic heterocycles. The molecule has 3 nitrogen and oxygen atoms in total. The average molecular weight is 325 g/mol. The zero-order chi connectivity index (χ0) is 13.7. The quantitative estimate of drug-likeness (QED) is 0.916. The van der Waals surface area contributed by atoms with E-state index >= 15 is 0 Å². The minimum atomic E-state index is -0.241. The van der Waals surface area contributed by atoms with Crippen LogP contribution >= 0.6 is 15.9 Å². The molecule has 100 valence electrons. The molecule has 0 saturated heterocycles. The Hall–Kier alpha value is -1.46. The van der Waals surface area contributed by atoms with Crippen LogP contribution < -0.4 is 10.1 Å². The number of hydrogen-bond acceptors (Lipinski definition) is 3. The van der Waals surface area contributed by atoms with Crippen LogP contribution in [0.25, 0.3) is 0 Å². The number of rotatable bonds is 5. The minimum absolute atomic E-state index is 0.241. The molecule has 5 heteroatoms. The lowest BCUT2D eigenvalue weighted by Crippen LogP contribution is -2.13. The summed E-state index contributed by atoms with van der Waals surface area (Å²) in [6.07, 6.45) is 1.77. The Bertz CT molecular complexity index is 546. The fraction of sp³-hybridized carbons (Fsp3) is 0.214. The fourth-order valence-corrected chi connectivity index (χ4v) is 2.13. The molecule has 0 radical (unpaired) electrons. The van der Waals surface area contributed by atoms with Crippen LogP contribution in [0.5, 0.6) is 5.88 Å². The Kier molecular flexibility index (Phi) is 4.87. The van der Waals surface area contributed by atoms with Gasteiger partial charge < -0.3 is 10.1 Å². The topological polar surface area (TPSA) is 34.1 Å². The van der Waals surface area contributed by atoms with E-state index in [1.54, 1.807) is 19.4 Å². The van der Waals surface area contributed by atoms with E-state index in [1.807, 2.05) is 12.1 Å². The van der Waals surface area contributed by atoms with Gasteiger partial charge in [-0.2, -0.15) is 0 Å². The average Bonchev–Trinajstić information content (AvgIpc) is 2.42. The molecule has 0 aliphatic rings. The molecular formula is C14H14BrFN2O. The van der Waals surface area contributed by atoms with Crippen LogP contribution in [0, 0.1) is 5.82 Å². The van der Waals surface area contributed by atoms with Crippen molar-refractivity contribution in [2.45, 2.75) is 13.1 Å². The lowest BCUT2D eigenvalue weighted by molar-refractivity contribution is 0.397. The lowest BCUT2D eigenvalue weighted by atomic mass is 10.2. The second-order valence-corrected chi connectivity index (χ2v) is 4.90. The highest BCUT2D eigenvalue weighted by Crippen LogP contribution is 2.17. The monoisotopic (exact) mass is 324 g/mol. The molecule has 2 rings (SSSR count). The predicted octanol–water partition coefficient (Wildman–Crippen LogP) is 3.28. The van der Waals surface area contributed by atoms with Crippen LogP contribution in [0.3, 0.4) is 0 Å². The molecule has 1 N–H and O–H groups in total. The van der Waals surface area contributed by atoms with Crippen LogP contribution in [-0.4, -0.2) is 12.1 Å². The van der Waals surface area contributed by atoms with Crippen LogP contribution in [0.1, 0.15) is 11.1 Å². The Morgan fingerprint density at radius 1 is 1.26 bits per heavy atom. The maximum atomic E-state index is 12.9. The molecule has 2 aromatic rings. The molecule has 0 unspecified atom stereocenters. The summed E-state index contributed by atoms with van der Waals surface area (Å²) in [5.74, 6) is 0.361. The first-order valence-electron chi connectivity index (χ1n) is 5.82. The van der Waals surface area contributed by atoms with E-state index < -0.39 is 0 Å². The minimum Gasteiger partial charge on any atom is -0.481 e. The largest absolute Gasteiger partial charge is 0.481 e. The molecular weight excluding hydrogens is 311 g/mol. The first-order valence-corrected chi connectivity index (χ1v) is 6.62. The van der Waals surface area contributed by atoms with E-state index in [1.165, 1.54) is 12.1 Å². The molecule has 0 saturated carbocycles. The SMILES string of the molecule is COc1ccc(CNCc2ccc(F)cc2Br)cn1. The van der Waals surface area contributed by atoms with E-state index in [4.69, 9.17) is 4.74 Å². The highest BCUT2D eigenvalue weighted by Gasteiger charge is 2.01. The number of ether oxygens (including phenoxy) is 1. The van der Waals surface area contributed by atoms with Crippen molar-refractivity contribution in [2.75, 3.05) is 7.11 Å². The van der Waals surface area contributed by atoms with Gasteiger partial charge in [-0.25, -0.2) is 9.37 Å². The van der Waals surface area contributed by atoms with Gasteiger partial charge in [0.2, 0.25) is 5.88 Å². The molecule has 1 aromatic heterocycles. The highest BCUT2D eigenvalue weighted by molar-refractivity contribution is 9.10. The number of methoxy groups -OCH3 is 1. The first-order chi connectivity index (χ1) is 9.19. The van der Waals surface area contributed by atoms with Crippen LogP contribution in [0.15, 0.2) is 41.0 Å².